The molecule has 0 aromatic heterocycles. The Kier molecular flexibility index (Phi) is 38.0. The lowest BCUT2D eigenvalue weighted by Gasteiger charge is -2.20. The maximum absolute atomic E-state index is 11.9. The molecule has 0 aromatic rings. The van der Waals surface area contributed by atoms with Crippen LogP contribution in [0.5, 0.6) is 0 Å². The molecule has 0 aliphatic carbocycles. The van der Waals surface area contributed by atoms with Crippen molar-refractivity contribution in [1.29, 1.82) is 0 Å². The summed E-state index contributed by atoms with van der Waals surface area (Å²) >= 11 is 0. The maximum atomic E-state index is 11.9. The normalized spacial score (nSPS) is 11.5. The maximum Gasteiger partial charge on any atom is 0.152 e. The first kappa shape index (κ1) is 28.7. The van der Waals surface area contributed by atoms with Crippen molar-refractivity contribution >= 4 is 5.78 Å². The topological polar surface area (TPSA) is 75.4 Å². The molecule has 0 aliphatic heterocycles. The van der Waals surface area contributed by atoms with Crippen LogP contribution in [0.25, 0.3) is 0 Å². The van der Waals surface area contributed by atoms with Crippen molar-refractivity contribution in [1.82, 2.24) is 5.32 Å². The minimum atomic E-state index is -0.143. The molecule has 4 heteroatoms. The average molecular weight is 307 g/mol. The van der Waals surface area contributed by atoms with Crippen LogP contribution in [0.4, 0.5) is 0 Å². The number of Topliss-reactive ketones (excluding diaryl/α,β-unsaturated/α-hetero) is 1. The van der Waals surface area contributed by atoms with E-state index in [0.29, 0.717) is 13.1 Å². The van der Waals surface area contributed by atoms with Gasteiger partial charge in [0.1, 0.15) is 0 Å². The molecule has 2 atom stereocenters. The number of hydrogen-bond donors (Lipinski definition) is 3. The summed E-state index contributed by atoms with van der Waals surface area (Å²) in [5, 5.41) is 11.8. The fourth-order valence-electron chi connectivity index (χ4n) is 1.45. The van der Waals surface area contributed by atoms with E-state index in [-0.39, 0.29) is 24.3 Å². The third-order valence-electron chi connectivity index (χ3n) is 2.64. The molecule has 0 aromatic carbocycles. The van der Waals surface area contributed by atoms with Gasteiger partial charge in [0, 0.05) is 12.5 Å². The smallest absolute Gasteiger partial charge is 0.152 e. The molecular weight excluding hydrogens is 264 g/mol. The molecule has 0 bridgehead atoms. The first-order chi connectivity index (χ1) is 10.2. The van der Waals surface area contributed by atoms with Crippen LogP contribution in [-0.2, 0) is 4.79 Å². The predicted octanol–water partition coefficient (Wildman–Crippen LogP) is 3.37. The van der Waals surface area contributed by atoms with Gasteiger partial charge in [-0.2, -0.15) is 0 Å². The zero-order valence-corrected chi connectivity index (χ0v) is 15.8. The van der Waals surface area contributed by atoms with E-state index in [2.05, 4.69) is 5.32 Å². The van der Waals surface area contributed by atoms with Crippen molar-refractivity contribution in [3.8, 4) is 0 Å². The summed E-state index contributed by atoms with van der Waals surface area (Å²) in [7, 11) is 0. The number of hydrogen-bond acceptors (Lipinski definition) is 4. The Balaban J connectivity index is -0.000000212. The SMILES string of the molecule is CC.CC.CC.CCC(C)C(=O)C(CCCN)NCCO. The van der Waals surface area contributed by atoms with Crippen LogP contribution in [0.3, 0.4) is 0 Å². The lowest BCUT2D eigenvalue weighted by atomic mass is 9.94. The number of rotatable bonds is 9. The first-order valence-electron chi connectivity index (χ1n) is 8.75. The standard InChI is InChI=1S/C11H24N2O2.3C2H6/c1-3-9(2)11(15)10(5-4-6-12)13-7-8-14;3*1-2/h9-10,13-14H,3-8,12H2,1-2H3;3*1-2H3. The van der Waals surface area contributed by atoms with Gasteiger partial charge in [-0.15, -0.1) is 0 Å². The number of ketones is 1. The number of carbonyl (C=O) groups is 1. The molecule has 0 saturated heterocycles. The van der Waals surface area contributed by atoms with E-state index in [0.717, 1.165) is 19.3 Å². The molecule has 4 N–H and O–H groups in total. The highest BCUT2D eigenvalue weighted by Gasteiger charge is 2.21. The molecule has 0 radical (unpaired) electrons. The Morgan fingerprint density at radius 1 is 1.14 bits per heavy atom. The van der Waals surface area contributed by atoms with E-state index >= 15 is 0 Å². The summed E-state index contributed by atoms with van der Waals surface area (Å²) in [5.74, 6) is 0.318. The van der Waals surface area contributed by atoms with Gasteiger partial charge in [0.2, 0.25) is 0 Å². The third kappa shape index (κ3) is 19.6. The third-order valence-corrected chi connectivity index (χ3v) is 2.64. The molecule has 0 amide bonds. The second-order valence-corrected chi connectivity index (χ2v) is 3.87. The Bertz CT molecular complexity index is 168. The van der Waals surface area contributed by atoms with E-state index in [1.54, 1.807) is 0 Å². The zero-order valence-electron chi connectivity index (χ0n) is 15.8. The number of nitrogens with two attached hydrogens (primary N) is 1. The van der Waals surface area contributed by atoms with Gasteiger partial charge in [-0.3, -0.25) is 4.79 Å². The van der Waals surface area contributed by atoms with Gasteiger partial charge < -0.3 is 16.2 Å². The minimum Gasteiger partial charge on any atom is -0.395 e. The van der Waals surface area contributed by atoms with Crippen molar-refractivity contribution in [2.45, 2.75) is 80.7 Å². The van der Waals surface area contributed by atoms with E-state index in [9.17, 15) is 4.79 Å². The van der Waals surface area contributed by atoms with Gasteiger partial charge in [0.05, 0.1) is 12.6 Å². The molecule has 0 rings (SSSR count). The van der Waals surface area contributed by atoms with Crippen molar-refractivity contribution in [3.63, 3.8) is 0 Å². The number of aliphatic hydroxyl groups excluding tert-OH is 1. The van der Waals surface area contributed by atoms with E-state index in [1.807, 2.05) is 55.4 Å². The lowest BCUT2D eigenvalue weighted by molar-refractivity contribution is -0.124. The molecule has 0 spiro atoms. The highest BCUT2D eigenvalue weighted by atomic mass is 16.3. The van der Waals surface area contributed by atoms with Crippen molar-refractivity contribution < 1.29 is 9.90 Å². The minimum absolute atomic E-state index is 0.0624. The van der Waals surface area contributed by atoms with Crippen molar-refractivity contribution in [2.75, 3.05) is 19.7 Å². The molecule has 0 heterocycles. The number of aliphatic hydroxyl groups is 1. The highest BCUT2D eigenvalue weighted by Crippen LogP contribution is 2.09. The summed E-state index contributed by atoms with van der Waals surface area (Å²) in [4.78, 5) is 11.9. The van der Waals surface area contributed by atoms with Crippen LogP contribution in [0.2, 0.25) is 0 Å². The fourth-order valence-corrected chi connectivity index (χ4v) is 1.45. The lowest BCUT2D eigenvalue weighted by Crippen LogP contribution is -2.41. The van der Waals surface area contributed by atoms with Gasteiger partial charge in [0.25, 0.3) is 0 Å². The number of nitrogens with one attached hydrogen (secondary N) is 1. The van der Waals surface area contributed by atoms with Crippen LogP contribution in [0, 0.1) is 5.92 Å². The largest absolute Gasteiger partial charge is 0.395 e. The molecule has 0 fully saturated rings. The zero-order chi connectivity index (χ0) is 17.7. The molecule has 132 valence electrons. The van der Waals surface area contributed by atoms with Crippen LogP contribution in [0.15, 0.2) is 0 Å². The first-order valence-corrected chi connectivity index (χ1v) is 8.75. The van der Waals surface area contributed by atoms with E-state index in [4.69, 9.17) is 10.8 Å². The molecule has 4 nitrogen and oxygen atoms in total. The van der Waals surface area contributed by atoms with Crippen LogP contribution in [0.1, 0.15) is 74.7 Å². The Hall–Kier alpha value is -0.450. The predicted molar refractivity (Wildman–Crippen MR) is 95.7 cm³/mol. The number of carbonyl (C=O) groups excluding carboxylic acids is 1. The second kappa shape index (κ2) is 27.8. The van der Waals surface area contributed by atoms with Crippen LogP contribution >= 0.6 is 0 Å². The van der Waals surface area contributed by atoms with Gasteiger partial charge >= 0.3 is 0 Å². The Labute approximate surface area is 133 Å². The van der Waals surface area contributed by atoms with Crippen molar-refractivity contribution in [2.24, 2.45) is 11.7 Å². The summed E-state index contributed by atoms with van der Waals surface area (Å²) < 4.78 is 0. The monoisotopic (exact) mass is 306 g/mol. The summed E-state index contributed by atoms with van der Waals surface area (Å²) in [6, 6.07) is -0.143. The quantitative estimate of drug-likeness (QED) is 0.610. The van der Waals surface area contributed by atoms with Crippen LogP contribution in [-0.4, -0.2) is 36.6 Å². The van der Waals surface area contributed by atoms with Gasteiger partial charge in [-0.25, -0.2) is 0 Å². The van der Waals surface area contributed by atoms with Crippen LogP contribution < -0.4 is 11.1 Å². The van der Waals surface area contributed by atoms with E-state index < -0.39 is 0 Å². The molecule has 0 aliphatic rings. The average Bonchev–Trinajstić information content (AvgIpc) is 2.59. The molecule has 21 heavy (non-hydrogen) atoms. The van der Waals surface area contributed by atoms with Crippen molar-refractivity contribution in [3.05, 3.63) is 0 Å². The summed E-state index contributed by atoms with van der Waals surface area (Å²) in [6.07, 6.45) is 2.46. The van der Waals surface area contributed by atoms with Gasteiger partial charge in [-0.05, 0) is 25.8 Å². The second-order valence-electron chi connectivity index (χ2n) is 3.87. The molecule has 2 unspecified atom stereocenters. The van der Waals surface area contributed by atoms with Gasteiger partial charge in [0.15, 0.2) is 5.78 Å². The Morgan fingerprint density at radius 3 is 1.95 bits per heavy atom. The van der Waals surface area contributed by atoms with Gasteiger partial charge in [-0.1, -0.05) is 55.4 Å². The molecule has 0 saturated carbocycles. The highest BCUT2D eigenvalue weighted by molar-refractivity contribution is 5.85. The fraction of sp³-hybridized carbons (Fsp3) is 0.941. The molecular formula is C17H42N2O2. The summed E-state index contributed by atoms with van der Waals surface area (Å²) in [6.45, 7) is 17.1. The Morgan fingerprint density at radius 2 is 1.62 bits per heavy atom. The summed E-state index contributed by atoms with van der Waals surface area (Å²) in [5.41, 5.74) is 5.43. The van der Waals surface area contributed by atoms with E-state index in [1.165, 1.54) is 0 Å².